The van der Waals surface area contributed by atoms with Crippen LogP contribution in [0, 0.1) is 0 Å². The van der Waals surface area contributed by atoms with Crippen LogP contribution >= 0.6 is 0 Å². The molecule has 1 aliphatic heterocycles. The van der Waals surface area contributed by atoms with Gasteiger partial charge in [-0.15, -0.1) is 0 Å². The number of nitrogens with zero attached hydrogens (tertiary/aromatic N) is 1. The van der Waals surface area contributed by atoms with Crippen LogP contribution < -0.4 is 9.47 Å². The molecule has 192 valence electrons. The lowest BCUT2D eigenvalue weighted by Crippen LogP contribution is -2.48. The van der Waals surface area contributed by atoms with Gasteiger partial charge in [-0.2, -0.15) is 4.31 Å². The summed E-state index contributed by atoms with van der Waals surface area (Å²) in [5.41, 5.74) is 3.09. The summed E-state index contributed by atoms with van der Waals surface area (Å²) in [6, 6.07) is 13.1. The summed E-state index contributed by atoms with van der Waals surface area (Å²) < 4.78 is 42.7. The van der Waals surface area contributed by atoms with Crippen LogP contribution in [-0.2, 0) is 26.0 Å². The maximum atomic E-state index is 13.3. The second-order valence-corrected chi connectivity index (χ2v) is 11.3. The smallest absolute Gasteiger partial charge is 0.325 e. The minimum atomic E-state index is -3.50. The largest absolute Gasteiger partial charge is 0.493 e. The number of benzene rings is 2. The van der Waals surface area contributed by atoms with Gasteiger partial charge in [-0.25, -0.2) is 8.42 Å². The summed E-state index contributed by atoms with van der Waals surface area (Å²) in [5, 5.41) is 0. The van der Waals surface area contributed by atoms with Crippen molar-refractivity contribution >= 4 is 16.0 Å². The van der Waals surface area contributed by atoms with Gasteiger partial charge in [0, 0.05) is 6.54 Å². The van der Waals surface area contributed by atoms with Crippen LogP contribution in [0.2, 0.25) is 0 Å². The lowest BCUT2D eigenvalue weighted by atomic mass is 9.95. The summed E-state index contributed by atoms with van der Waals surface area (Å²) in [6.45, 7) is 4.59. The number of rotatable bonds is 10. The van der Waals surface area contributed by atoms with E-state index in [1.54, 1.807) is 14.2 Å². The normalized spacial score (nSPS) is 17.7. The number of hydrogen-bond donors (Lipinski definition) is 0. The Bertz CT molecular complexity index is 1110. The fourth-order valence-electron chi connectivity index (χ4n) is 4.50. The molecule has 2 aromatic carbocycles. The molecule has 8 heteroatoms. The zero-order valence-electron chi connectivity index (χ0n) is 21.3. The highest BCUT2D eigenvalue weighted by atomic mass is 32.2. The molecule has 1 fully saturated rings. The van der Waals surface area contributed by atoms with Crippen LogP contribution in [0.4, 0.5) is 0 Å². The summed E-state index contributed by atoms with van der Waals surface area (Å²) >= 11 is 0. The Kier molecular flexibility index (Phi) is 9.19. The highest BCUT2D eigenvalue weighted by Gasteiger charge is 2.36. The van der Waals surface area contributed by atoms with Crippen LogP contribution in [0.1, 0.15) is 68.2 Å². The topological polar surface area (TPSA) is 82.1 Å². The maximum absolute atomic E-state index is 13.3. The predicted molar refractivity (Wildman–Crippen MR) is 136 cm³/mol. The second kappa shape index (κ2) is 11.9. The first-order valence-corrected chi connectivity index (χ1v) is 14.0. The van der Waals surface area contributed by atoms with Gasteiger partial charge in [-0.1, -0.05) is 44.2 Å². The van der Waals surface area contributed by atoms with E-state index in [4.69, 9.17) is 14.2 Å². The van der Waals surface area contributed by atoms with Crippen molar-refractivity contribution in [3.05, 3.63) is 59.2 Å². The van der Waals surface area contributed by atoms with Crippen molar-refractivity contribution in [1.29, 1.82) is 0 Å². The summed E-state index contributed by atoms with van der Waals surface area (Å²) in [7, 11) is -0.306. The van der Waals surface area contributed by atoms with E-state index in [9.17, 15) is 13.2 Å². The molecule has 1 heterocycles. The number of piperidine rings is 1. The van der Waals surface area contributed by atoms with Gasteiger partial charge in [0.05, 0.1) is 20.5 Å². The first-order valence-electron chi connectivity index (χ1n) is 12.1. The van der Waals surface area contributed by atoms with E-state index in [1.807, 2.05) is 30.3 Å². The minimum Gasteiger partial charge on any atom is -0.493 e. The van der Waals surface area contributed by atoms with Crippen molar-refractivity contribution in [3.63, 3.8) is 0 Å². The van der Waals surface area contributed by atoms with Gasteiger partial charge in [0.1, 0.15) is 12.1 Å². The summed E-state index contributed by atoms with van der Waals surface area (Å²) in [5.74, 6) is 1.15. The Hall–Kier alpha value is -2.58. The average Bonchev–Trinajstić information content (AvgIpc) is 2.85. The molecule has 2 atom stereocenters. The highest BCUT2D eigenvalue weighted by molar-refractivity contribution is 7.88. The highest BCUT2D eigenvalue weighted by Crippen LogP contribution is 2.32. The molecule has 1 aliphatic rings. The number of carbonyl (C=O) groups excluding carboxylic acids is 1. The van der Waals surface area contributed by atoms with E-state index in [-0.39, 0.29) is 0 Å². The van der Waals surface area contributed by atoms with Gasteiger partial charge in [0.25, 0.3) is 0 Å². The molecular formula is C27H37NO6S. The molecule has 1 saturated heterocycles. The van der Waals surface area contributed by atoms with Crippen LogP contribution in [-0.4, -0.2) is 51.8 Å². The molecular weight excluding hydrogens is 466 g/mol. The minimum absolute atomic E-state index is 0.330. The van der Waals surface area contributed by atoms with Crippen molar-refractivity contribution in [1.82, 2.24) is 4.31 Å². The fraction of sp³-hybridized carbons (Fsp3) is 0.519. The number of methoxy groups -OCH3 is 2. The molecule has 0 spiro atoms. The standard InChI is InChI=1S/C27H37NO6S/c1-19(2)21-9-8-10-22(18-21)24(14-12-20-13-15-25(32-3)26(17-20)33-4)34-27(29)23-11-6-7-16-28(23)35(5,30)31/h8-10,13,15,17-19,23-24H,6-7,11-12,14,16H2,1-5H3. The number of esters is 1. The molecule has 35 heavy (non-hydrogen) atoms. The SMILES string of the molecule is COc1ccc(CCC(OC(=O)C2CCCCN2S(C)(=O)=O)c2cccc(C(C)C)c2)cc1OC. The molecule has 7 nitrogen and oxygen atoms in total. The average molecular weight is 504 g/mol. The number of ether oxygens (including phenoxy) is 3. The lowest BCUT2D eigenvalue weighted by Gasteiger charge is -2.33. The molecule has 3 rings (SSSR count). The zero-order chi connectivity index (χ0) is 25.6. The molecule has 0 saturated carbocycles. The van der Waals surface area contributed by atoms with Crippen LogP contribution in [0.15, 0.2) is 42.5 Å². The van der Waals surface area contributed by atoms with E-state index < -0.39 is 28.1 Å². The van der Waals surface area contributed by atoms with Crippen molar-refractivity contribution in [2.45, 2.75) is 64.0 Å². The van der Waals surface area contributed by atoms with Gasteiger partial charge in [-0.3, -0.25) is 4.79 Å². The van der Waals surface area contributed by atoms with Gasteiger partial charge >= 0.3 is 5.97 Å². The molecule has 0 aromatic heterocycles. The summed E-state index contributed by atoms with van der Waals surface area (Å²) in [6.07, 6.45) is 3.86. The van der Waals surface area contributed by atoms with E-state index in [2.05, 4.69) is 26.0 Å². The van der Waals surface area contributed by atoms with Crippen LogP contribution in [0.5, 0.6) is 11.5 Å². The Morgan fingerprint density at radius 2 is 1.74 bits per heavy atom. The van der Waals surface area contributed by atoms with Gasteiger partial charge < -0.3 is 14.2 Å². The van der Waals surface area contributed by atoms with Crippen molar-refractivity contribution < 1.29 is 27.4 Å². The predicted octanol–water partition coefficient (Wildman–Crippen LogP) is 4.86. The van der Waals surface area contributed by atoms with E-state index in [1.165, 1.54) is 4.31 Å². The molecule has 2 unspecified atom stereocenters. The Labute approximate surface area is 209 Å². The summed E-state index contributed by atoms with van der Waals surface area (Å²) in [4.78, 5) is 13.3. The Balaban J connectivity index is 1.86. The van der Waals surface area contributed by atoms with Crippen LogP contribution in [0.3, 0.4) is 0 Å². The third-order valence-electron chi connectivity index (χ3n) is 6.50. The molecule has 0 amide bonds. The number of aryl methyl sites for hydroxylation is 1. The van der Waals surface area contributed by atoms with Gasteiger partial charge in [0.2, 0.25) is 10.0 Å². The quantitative estimate of drug-likeness (QED) is 0.431. The molecule has 0 bridgehead atoms. The first-order chi connectivity index (χ1) is 16.6. The third kappa shape index (κ3) is 6.98. The van der Waals surface area contributed by atoms with Crippen molar-refractivity contribution in [2.24, 2.45) is 0 Å². The van der Waals surface area contributed by atoms with E-state index in [0.29, 0.717) is 43.2 Å². The number of carbonyl (C=O) groups is 1. The van der Waals surface area contributed by atoms with E-state index >= 15 is 0 Å². The first kappa shape index (κ1) is 27.0. The molecule has 0 N–H and O–H groups in total. The van der Waals surface area contributed by atoms with Crippen molar-refractivity contribution in [3.8, 4) is 11.5 Å². The fourth-order valence-corrected chi connectivity index (χ4v) is 5.62. The van der Waals surface area contributed by atoms with Crippen LogP contribution in [0.25, 0.3) is 0 Å². The van der Waals surface area contributed by atoms with Gasteiger partial charge in [-0.05, 0) is 66.8 Å². The Morgan fingerprint density at radius 3 is 2.40 bits per heavy atom. The van der Waals surface area contributed by atoms with E-state index in [0.717, 1.165) is 35.8 Å². The number of sulfonamides is 1. The molecule has 0 aliphatic carbocycles. The Morgan fingerprint density at radius 1 is 1.03 bits per heavy atom. The third-order valence-corrected chi connectivity index (χ3v) is 7.79. The molecule has 2 aromatic rings. The zero-order valence-corrected chi connectivity index (χ0v) is 22.1. The second-order valence-electron chi connectivity index (χ2n) is 9.36. The number of hydrogen-bond acceptors (Lipinski definition) is 6. The van der Waals surface area contributed by atoms with Gasteiger partial charge in [0.15, 0.2) is 11.5 Å². The lowest BCUT2D eigenvalue weighted by molar-refractivity contribution is -0.155. The molecule has 0 radical (unpaired) electrons. The maximum Gasteiger partial charge on any atom is 0.325 e. The van der Waals surface area contributed by atoms with Crippen molar-refractivity contribution in [2.75, 3.05) is 27.0 Å². The monoisotopic (exact) mass is 503 g/mol.